The first kappa shape index (κ1) is 19.2. The van der Waals surface area contributed by atoms with E-state index < -0.39 is 5.97 Å². The molecule has 27 heavy (non-hydrogen) atoms. The number of carboxylic acid groups (broad SMARTS) is 1. The minimum atomic E-state index is -0.788. The Labute approximate surface area is 159 Å². The second kappa shape index (κ2) is 8.89. The lowest BCUT2D eigenvalue weighted by Crippen LogP contribution is -2.40. The van der Waals surface area contributed by atoms with E-state index in [4.69, 9.17) is 4.42 Å². The maximum absolute atomic E-state index is 12.7. The zero-order chi connectivity index (χ0) is 19.1. The number of hydrogen-bond donors (Lipinski definition) is 2. The summed E-state index contributed by atoms with van der Waals surface area (Å²) >= 11 is 0. The Bertz CT molecular complexity index is 733. The van der Waals surface area contributed by atoms with Crippen molar-refractivity contribution in [2.75, 3.05) is 6.54 Å². The van der Waals surface area contributed by atoms with E-state index in [1.807, 2.05) is 42.5 Å². The van der Waals surface area contributed by atoms with E-state index in [1.54, 1.807) is 6.26 Å². The molecule has 3 rings (SSSR count). The fourth-order valence-electron chi connectivity index (χ4n) is 4.14. The van der Waals surface area contributed by atoms with E-state index in [-0.39, 0.29) is 30.1 Å². The third-order valence-electron chi connectivity index (χ3n) is 5.58. The molecule has 2 N–H and O–H groups in total. The van der Waals surface area contributed by atoms with Crippen molar-refractivity contribution < 1.29 is 19.1 Å². The summed E-state index contributed by atoms with van der Waals surface area (Å²) in [6.45, 7) is 0.428. The lowest BCUT2D eigenvalue weighted by atomic mass is 9.71. The van der Waals surface area contributed by atoms with Crippen LogP contribution in [0.25, 0.3) is 0 Å². The topological polar surface area (TPSA) is 79.5 Å². The molecule has 0 bridgehead atoms. The summed E-state index contributed by atoms with van der Waals surface area (Å²) in [5.41, 5.74) is 0.715. The Hall–Kier alpha value is -2.56. The molecule has 144 valence electrons. The van der Waals surface area contributed by atoms with Crippen molar-refractivity contribution in [2.45, 2.75) is 50.9 Å². The Balaban J connectivity index is 1.66. The molecule has 1 aliphatic rings. The molecule has 1 atom stereocenters. The number of benzene rings is 1. The average molecular weight is 369 g/mol. The van der Waals surface area contributed by atoms with Gasteiger partial charge in [-0.25, -0.2) is 0 Å². The smallest absolute Gasteiger partial charge is 0.303 e. The highest BCUT2D eigenvalue weighted by atomic mass is 16.4. The van der Waals surface area contributed by atoms with Crippen LogP contribution in [-0.4, -0.2) is 23.5 Å². The van der Waals surface area contributed by atoms with Crippen molar-refractivity contribution in [3.8, 4) is 0 Å². The molecule has 1 aliphatic carbocycles. The lowest BCUT2D eigenvalue weighted by molar-refractivity contribution is -0.140. The van der Waals surface area contributed by atoms with Crippen molar-refractivity contribution in [3.63, 3.8) is 0 Å². The third kappa shape index (κ3) is 5.22. The number of carbonyl (C=O) groups is 2. The van der Waals surface area contributed by atoms with Crippen LogP contribution < -0.4 is 5.32 Å². The highest BCUT2D eigenvalue weighted by Gasteiger charge is 2.35. The minimum absolute atomic E-state index is 0.0735. The molecular formula is C22H27NO4. The number of amides is 1. The van der Waals surface area contributed by atoms with Crippen LogP contribution >= 0.6 is 0 Å². The van der Waals surface area contributed by atoms with Gasteiger partial charge in [0.2, 0.25) is 5.91 Å². The van der Waals surface area contributed by atoms with Crippen LogP contribution in [0, 0.1) is 5.41 Å². The Morgan fingerprint density at radius 2 is 1.81 bits per heavy atom. The largest absolute Gasteiger partial charge is 0.481 e. The zero-order valence-electron chi connectivity index (χ0n) is 15.5. The summed E-state index contributed by atoms with van der Waals surface area (Å²) in [7, 11) is 0. The van der Waals surface area contributed by atoms with Gasteiger partial charge in [-0.15, -0.1) is 0 Å². The molecule has 1 aromatic heterocycles. The SMILES string of the molecule is O=C(O)CC1(CNC(=O)C[C@@H](c2ccccc2)c2ccco2)CCCCC1. The van der Waals surface area contributed by atoms with Crippen LogP contribution in [0.2, 0.25) is 0 Å². The zero-order valence-corrected chi connectivity index (χ0v) is 15.5. The lowest BCUT2D eigenvalue weighted by Gasteiger charge is -2.36. The van der Waals surface area contributed by atoms with Gasteiger partial charge in [-0.3, -0.25) is 9.59 Å². The second-order valence-corrected chi connectivity index (χ2v) is 7.59. The van der Waals surface area contributed by atoms with E-state index >= 15 is 0 Å². The highest BCUT2D eigenvalue weighted by molar-refractivity contribution is 5.77. The number of rotatable bonds is 8. The van der Waals surface area contributed by atoms with Crippen LogP contribution in [0.5, 0.6) is 0 Å². The van der Waals surface area contributed by atoms with Crippen molar-refractivity contribution in [1.82, 2.24) is 5.32 Å². The second-order valence-electron chi connectivity index (χ2n) is 7.59. The van der Waals surface area contributed by atoms with E-state index in [0.29, 0.717) is 6.54 Å². The summed E-state index contributed by atoms with van der Waals surface area (Å²) < 4.78 is 5.56. The Morgan fingerprint density at radius 3 is 2.44 bits per heavy atom. The number of carbonyl (C=O) groups excluding carboxylic acids is 1. The molecule has 1 heterocycles. The monoisotopic (exact) mass is 369 g/mol. The number of aliphatic carboxylic acids is 1. The van der Waals surface area contributed by atoms with Crippen molar-refractivity contribution in [3.05, 3.63) is 60.1 Å². The van der Waals surface area contributed by atoms with Gasteiger partial charge in [0, 0.05) is 13.0 Å². The number of carboxylic acids is 1. The first-order valence-corrected chi connectivity index (χ1v) is 9.65. The fourth-order valence-corrected chi connectivity index (χ4v) is 4.14. The van der Waals surface area contributed by atoms with Gasteiger partial charge in [0.15, 0.2) is 0 Å². The van der Waals surface area contributed by atoms with Gasteiger partial charge >= 0.3 is 5.97 Å². The van der Waals surface area contributed by atoms with Gasteiger partial charge in [-0.1, -0.05) is 49.6 Å². The predicted octanol–water partition coefficient (Wildman–Crippen LogP) is 4.34. The van der Waals surface area contributed by atoms with Gasteiger partial charge < -0.3 is 14.8 Å². The van der Waals surface area contributed by atoms with E-state index in [1.165, 1.54) is 0 Å². The molecule has 5 nitrogen and oxygen atoms in total. The molecule has 1 saturated carbocycles. The molecule has 1 fully saturated rings. The molecular weight excluding hydrogens is 342 g/mol. The van der Waals surface area contributed by atoms with Crippen LogP contribution in [0.1, 0.15) is 62.2 Å². The molecule has 2 aromatic rings. The van der Waals surface area contributed by atoms with Gasteiger partial charge in [-0.05, 0) is 36.0 Å². The number of furan rings is 1. The summed E-state index contributed by atoms with van der Waals surface area (Å²) in [4.78, 5) is 24.0. The first-order valence-electron chi connectivity index (χ1n) is 9.65. The predicted molar refractivity (Wildman–Crippen MR) is 102 cm³/mol. The molecule has 5 heteroatoms. The normalized spacial score (nSPS) is 17.2. The summed E-state index contributed by atoms with van der Waals surface area (Å²) in [6.07, 6.45) is 6.94. The summed E-state index contributed by atoms with van der Waals surface area (Å²) in [6, 6.07) is 13.5. The average Bonchev–Trinajstić information content (AvgIpc) is 3.20. The highest BCUT2D eigenvalue weighted by Crippen LogP contribution is 2.39. The van der Waals surface area contributed by atoms with E-state index in [2.05, 4.69) is 5.32 Å². The molecule has 1 aromatic carbocycles. The van der Waals surface area contributed by atoms with Gasteiger partial charge in [0.25, 0.3) is 0 Å². The Kier molecular flexibility index (Phi) is 6.32. The molecule has 0 aliphatic heterocycles. The maximum atomic E-state index is 12.7. The molecule has 1 amide bonds. The van der Waals surface area contributed by atoms with Crippen molar-refractivity contribution >= 4 is 11.9 Å². The van der Waals surface area contributed by atoms with Crippen molar-refractivity contribution in [1.29, 1.82) is 0 Å². The van der Waals surface area contributed by atoms with Crippen LogP contribution in [-0.2, 0) is 9.59 Å². The first-order chi connectivity index (χ1) is 13.1. The maximum Gasteiger partial charge on any atom is 0.303 e. The minimum Gasteiger partial charge on any atom is -0.481 e. The van der Waals surface area contributed by atoms with Gasteiger partial charge in [0.05, 0.1) is 18.6 Å². The summed E-state index contributed by atoms with van der Waals surface area (Å²) in [5.74, 6) is -0.253. The third-order valence-corrected chi connectivity index (χ3v) is 5.58. The molecule has 0 saturated heterocycles. The number of nitrogens with one attached hydrogen (secondary N) is 1. The quantitative estimate of drug-likeness (QED) is 0.725. The standard InChI is InChI=1S/C22H27NO4/c24-20(23-16-22(15-21(25)26)11-5-2-6-12-22)14-18(19-10-7-13-27-19)17-8-3-1-4-9-17/h1,3-4,7-10,13,18H,2,5-6,11-12,14-16H2,(H,23,24)(H,25,26)/t18-/m0/s1. The molecule has 0 spiro atoms. The molecule has 0 unspecified atom stereocenters. The van der Waals surface area contributed by atoms with Gasteiger partial charge in [0.1, 0.15) is 5.76 Å². The van der Waals surface area contributed by atoms with Crippen LogP contribution in [0.4, 0.5) is 0 Å². The van der Waals surface area contributed by atoms with E-state index in [0.717, 1.165) is 43.4 Å². The number of hydrogen-bond acceptors (Lipinski definition) is 3. The van der Waals surface area contributed by atoms with Gasteiger partial charge in [-0.2, -0.15) is 0 Å². The van der Waals surface area contributed by atoms with E-state index in [9.17, 15) is 14.7 Å². The van der Waals surface area contributed by atoms with Crippen molar-refractivity contribution in [2.24, 2.45) is 5.41 Å². The summed E-state index contributed by atoms with van der Waals surface area (Å²) in [5, 5.41) is 12.3. The van der Waals surface area contributed by atoms with Crippen LogP contribution in [0.3, 0.4) is 0 Å². The Morgan fingerprint density at radius 1 is 1.07 bits per heavy atom. The molecule has 0 radical (unpaired) electrons. The fraction of sp³-hybridized carbons (Fsp3) is 0.455. The van der Waals surface area contributed by atoms with Crippen LogP contribution in [0.15, 0.2) is 53.1 Å².